The van der Waals surface area contributed by atoms with E-state index in [0.29, 0.717) is 5.69 Å². The molecule has 0 amide bonds. The SMILES string of the molecule is CCNc1ccc(N)c(C(CC)=NC)c1OC. The van der Waals surface area contributed by atoms with Gasteiger partial charge >= 0.3 is 0 Å². The minimum atomic E-state index is 0.700. The van der Waals surface area contributed by atoms with Gasteiger partial charge in [0.15, 0.2) is 5.75 Å². The van der Waals surface area contributed by atoms with E-state index in [1.807, 2.05) is 19.1 Å². The Labute approximate surface area is 103 Å². The third-order valence-electron chi connectivity index (χ3n) is 2.65. The van der Waals surface area contributed by atoms with Gasteiger partial charge in [0, 0.05) is 25.0 Å². The van der Waals surface area contributed by atoms with Crippen LogP contribution in [0.25, 0.3) is 0 Å². The molecule has 0 heterocycles. The van der Waals surface area contributed by atoms with Crippen molar-refractivity contribution in [1.82, 2.24) is 0 Å². The first-order valence-corrected chi connectivity index (χ1v) is 5.85. The highest BCUT2D eigenvalue weighted by Gasteiger charge is 2.15. The van der Waals surface area contributed by atoms with Crippen molar-refractivity contribution in [2.24, 2.45) is 4.99 Å². The van der Waals surface area contributed by atoms with Crippen LogP contribution in [0.5, 0.6) is 5.75 Å². The number of aliphatic imine (C=N–C) groups is 1. The van der Waals surface area contributed by atoms with Crippen LogP contribution in [0.1, 0.15) is 25.8 Å². The van der Waals surface area contributed by atoms with Crippen LogP contribution in [-0.2, 0) is 0 Å². The first-order chi connectivity index (χ1) is 8.19. The summed E-state index contributed by atoms with van der Waals surface area (Å²) in [6, 6.07) is 3.82. The Balaban J connectivity index is 3.39. The van der Waals surface area contributed by atoms with Gasteiger partial charge in [-0.15, -0.1) is 0 Å². The summed E-state index contributed by atoms with van der Waals surface area (Å²) in [5.74, 6) is 0.773. The molecule has 0 saturated carbocycles. The smallest absolute Gasteiger partial charge is 0.153 e. The average molecular weight is 235 g/mol. The van der Waals surface area contributed by atoms with E-state index in [1.165, 1.54) is 0 Å². The van der Waals surface area contributed by atoms with E-state index in [-0.39, 0.29) is 0 Å². The van der Waals surface area contributed by atoms with Crippen molar-refractivity contribution in [3.8, 4) is 5.75 Å². The lowest BCUT2D eigenvalue weighted by Gasteiger charge is -2.17. The van der Waals surface area contributed by atoms with E-state index >= 15 is 0 Å². The summed E-state index contributed by atoms with van der Waals surface area (Å²) in [7, 11) is 3.43. The van der Waals surface area contributed by atoms with Crippen LogP contribution in [0.3, 0.4) is 0 Å². The molecule has 0 unspecified atom stereocenters. The molecule has 4 nitrogen and oxygen atoms in total. The largest absolute Gasteiger partial charge is 0.494 e. The Hall–Kier alpha value is -1.71. The number of methoxy groups -OCH3 is 1. The molecule has 0 saturated heterocycles. The molecule has 0 aliphatic rings. The summed E-state index contributed by atoms with van der Waals surface area (Å²) in [6.45, 7) is 4.94. The number of hydrogen-bond donors (Lipinski definition) is 2. The van der Waals surface area contributed by atoms with Crippen molar-refractivity contribution in [1.29, 1.82) is 0 Å². The van der Waals surface area contributed by atoms with Crippen LogP contribution < -0.4 is 15.8 Å². The summed E-state index contributed by atoms with van der Waals surface area (Å²) >= 11 is 0. The van der Waals surface area contributed by atoms with Gasteiger partial charge < -0.3 is 15.8 Å². The number of nitrogens with one attached hydrogen (secondary N) is 1. The normalized spacial score (nSPS) is 11.4. The maximum absolute atomic E-state index is 6.03. The molecule has 0 radical (unpaired) electrons. The lowest BCUT2D eigenvalue weighted by molar-refractivity contribution is 0.416. The zero-order valence-electron chi connectivity index (χ0n) is 11.0. The minimum Gasteiger partial charge on any atom is -0.494 e. The monoisotopic (exact) mass is 235 g/mol. The van der Waals surface area contributed by atoms with E-state index in [0.717, 1.165) is 35.7 Å². The lowest BCUT2D eigenvalue weighted by Crippen LogP contribution is -2.09. The van der Waals surface area contributed by atoms with Gasteiger partial charge in [-0.3, -0.25) is 4.99 Å². The van der Waals surface area contributed by atoms with Gasteiger partial charge in [0.1, 0.15) is 0 Å². The number of benzene rings is 1. The van der Waals surface area contributed by atoms with E-state index in [4.69, 9.17) is 10.5 Å². The maximum atomic E-state index is 6.03. The summed E-state index contributed by atoms with van der Waals surface area (Å²) in [5, 5.41) is 3.26. The lowest BCUT2D eigenvalue weighted by atomic mass is 10.0. The fraction of sp³-hybridized carbons (Fsp3) is 0.462. The van der Waals surface area contributed by atoms with Crippen LogP contribution in [0.15, 0.2) is 17.1 Å². The van der Waals surface area contributed by atoms with Gasteiger partial charge in [-0.25, -0.2) is 0 Å². The molecule has 1 aromatic carbocycles. The second-order valence-electron chi connectivity index (χ2n) is 3.66. The number of nitrogens with two attached hydrogens (primary N) is 1. The summed E-state index contributed by atoms with van der Waals surface area (Å²) < 4.78 is 5.47. The molecule has 0 atom stereocenters. The second-order valence-corrected chi connectivity index (χ2v) is 3.66. The fourth-order valence-electron chi connectivity index (χ4n) is 1.88. The molecule has 1 aromatic rings. The molecule has 4 heteroatoms. The van der Waals surface area contributed by atoms with Crippen molar-refractivity contribution in [2.45, 2.75) is 20.3 Å². The number of nitrogens with zero attached hydrogens (tertiary/aromatic N) is 1. The molecule has 0 fully saturated rings. The molecule has 0 aliphatic carbocycles. The van der Waals surface area contributed by atoms with E-state index in [1.54, 1.807) is 14.2 Å². The zero-order valence-corrected chi connectivity index (χ0v) is 11.0. The predicted octanol–water partition coefficient (Wildman–Crippen LogP) is 2.54. The van der Waals surface area contributed by atoms with Crippen LogP contribution >= 0.6 is 0 Å². The fourth-order valence-corrected chi connectivity index (χ4v) is 1.88. The topological polar surface area (TPSA) is 59.6 Å². The van der Waals surface area contributed by atoms with Crippen LogP contribution in [-0.4, -0.2) is 26.4 Å². The van der Waals surface area contributed by atoms with Crippen LogP contribution in [0.2, 0.25) is 0 Å². The van der Waals surface area contributed by atoms with E-state index in [2.05, 4.69) is 17.2 Å². The van der Waals surface area contributed by atoms with Crippen molar-refractivity contribution >= 4 is 17.1 Å². The summed E-state index contributed by atoms with van der Waals surface area (Å²) in [4.78, 5) is 4.28. The highest BCUT2D eigenvalue weighted by atomic mass is 16.5. The number of anilines is 2. The van der Waals surface area contributed by atoms with E-state index in [9.17, 15) is 0 Å². The van der Waals surface area contributed by atoms with Gasteiger partial charge in [-0.2, -0.15) is 0 Å². The number of rotatable bonds is 5. The first-order valence-electron chi connectivity index (χ1n) is 5.85. The van der Waals surface area contributed by atoms with Gasteiger partial charge in [0.25, 0.3) is 0 Å². The van der Waals surface area contributed by atoms with Crippen molar-refractivity contribution < 1.29 is 4.74 Å². The van der Waals surface area contributed by atoms with Crippen molar-refractivity contribution in [3.63, 3.8) is 0 Å². The van der Waals surface area contributed by atoms with Crippen molar-refractivity contribution in [3.05, 3.63) is 17.7 Å². The van der Waals surface area contributed by atoms with Crippen LogP contribution in [0.4, 0.5) is 11.4 Å². The molecule has 3 N–H and O–H groups in total. The molecule has 1 rings (SSSR count). The number of nitrogen functional groups attached to an aromatic ring is 1. The van der Waals surface area contributed by atoms with Gasteiger partial charge in [-0.05, 0) is 25.5 Å². The summed E-state index contributed by atoms with van der Waals surface area (Å²) in [6.07, 6.45) is 0.826. The molecule has 94 valence electrons. The van der Waals surface area contributed by atoms with Gasteiger partial charge in [0.05, 0.1) is 18.4 Å². The molecule has 0 aromatic heterocycles. The minimum absolute atomic E-state index is 0.700. The zero-order chi connectivity index (χ0) is 12.8. The summed E-state index contributed by atoms with van der Waals surface area (Å²) in [5.41, 5.74) is 9.53. The van der Waals surface area contributed by atoms with Gasteiger partial charge in [-0.1, -0.05) is 6.92 Å². The van der Waals surface area contributed by atoms with Gasteiger partial charge in [0.2, 0.25) is 0 Å². The third kappa shape index (κ3) is 2.70. The van der Waals surface area contributed by atoms with E-state index < -0.39 is 0 Å². The highest BCUT2D eigenvalue weighted by Crippen LogP contribution is 2.34. The van der Waals surface area contributed by atoms with Crippen LogP contribution in [0, 0.1) is 0 Å². The maximum Gasteiger partial charge on any atom is 0.153 e. The molecular weight excluding hydrogens is 214 g/mol. The Morgan fingerprint density at radius 1 is 1.41 bits per heavy atom. The Morgan fingerprint density at radius 3 is 2.59 bits per heavy atom. The highest BCUT2D eigenvalue weighted by molar-refractivity contribution is 6.08. The standard InChI is InChI=1S/C13H21N3O/c1-5-10(15-3)12-9(14)7-8-11(16-6-2)13(12)17-4/h7-8,16H,5-6,14H2,1-4H3. The average Bonchev–Trinajstić information content (AvgIpc) is 2.34. The molecule has 17 heavy (non-hydrogen) atoms. The quantitative estimate of drug-likeness (QED) is 0.609. The number of ether oxygens (including phenoxy) is 1. The Morgan fingerprint density at radius 2 is 2.12 bits per heavy atom. The first kappa shape index (κ1) is 13.4. The molecular formula is C13H21N3O. The Kier molecular flexibility index (Phi) is 4.82. The molecule has 0 spiro atoms. The molecule has 0 bridgehead atoms. The van der Waals surface area contributed by atoms with Crippen molar-refractivity contribution in [2.75, 3.05) is 31.8 Å². The predicted molar refractivity (Wildman–Crippen MR) is 74.3 cm³/mol. The molecule has 0 aliphatic heterocycles. The second kappa shape index (κ2) is 6.13. The number of hydrogen-bond acceptors (Lipinski definition) is 4. The third-order valence-corrected chi connectivity index (χ3v) is 2.65. The Bertz CT molecular complexity index is 413.